The molecule has 1 saturated carbocycles. The number of fused-ring (bicyclic) bond motifs is 1. The maximum absolute atomic E-state index is 11.9. The second kappa shape index (κ2) is 4.35. The molecular formula is C14H16N2O3. The number of carboxylic acids is 1. The first kappa shape index (κ1) is 12.2. The van der Waals surface area contributed by atoms with Crippen LogP contribution in [0.15, 0.2) is 18.2 Å². The lowest BCUT2D eigenvalue weighted by atomic mass is 10.1. The fraction of sp³-hybridized carbons (Fsp3) is 0.429. The largest absolute Gasteiger partial charge is 0.481 e. The predicted octanol–water partition coefficient (Wildman–Crippen LogP) is 0.772. The molecule has 1 aromatic carbocycles. The summed E-state index contributed by atoms with van der Waals surface area (Å²) < 4.78 is 0. The third-order valence-corrected chi connectivity index (χ3v) is 3.88. The fourth-order valence-corrected chi connectivity index (χ4v) is 2.72. The number of rotatable bonds is 3. The van der Waals surface area contributed by atoms with Crippen LogP contribution in [0.1, 0.15) is 17.5 Å². The Balaban J connectivity index is 1.67. The van der Waals surface area contributed by atoms with E-state index in [9.17, 15) is 9.59 Å². The maximum atomic E-state index is 11.9. The van der Waals surface area contributed by atoms with Gasteiger partial charge in [0.05, 0.1) is 11.8 Å². The molecule has 1 fully saturated rings. The van der Waals surface area contributed by atoms with Gasteiger partial charge in [0.25, 0.3) is 0 Å². The van der Waals surface area contributed by atoms with Gasteiger partial charge >= 0.3 is 5.97 Å². The summed E-state index contributed by atoms with van der Waals surface area (Å²) in [7, 11) is 0. The number of anilines is 1. The van der Waals surface area contributed by atoms with Crippen LogP contribution in [0.2, 0.25) is 0 Å². The van der Waals surface area contributed by atoms with Gasteiger partial charge < -0.3 is 16.2 Å². The molecule has 3 atom stereocenters. The van der Waals surface area contributed by atoms with Crippen LogP contribution in [-0.4, -0.2) is 23.0 Å². The van der Waals surface area contributed by atoms with Crippen molar-refractivity contribution in [1.82, 2.24) is 0 Å². The van der Waals surface area contributed by atoms with Crippen molar-refractivity contribution < 1.29 is 14.7 Å². The van der Waals surface area contributed by atoms with Crippen molar-refractivity contribution in [3.8, 4) is 0 Å². The first-order chi connectivity index (χ1) is 9.04. The number of hydrogen-bond donors (Lipinski definition) is 3. The van der Waals surface area contributed by atoms with Gasteiger partial charge in [-0.1, -0.05) is 6.07 Å². The van der Waals surface area contributed by atoms with Gasteiger partial charge in [-0.05, 0) is 42.5 Å². The third-order valence-electron chi connectivity index (χ3n) is 3.88. The van der Waals surface area contributed by atoms with E-state index in [4.69, 9.17) is 10.8 Å². The molecule has 4 N–H and O–H groups in total. The molecule has 19 heavy (non-hydrogen) atoms. The Labute approximate surface area is 110 Å². The molecule has 0 saturated heterocycles. The van der Waals surface area contributed by atoms with Crippen LogP contribution in [0, 0.1) is 11.8 Å². The number of amides is 1. The van der Waals surface area contributed by atoms with E-state index in [-0.39, 0.29) is 17.9 Å². The number of aliphatic carboxylic acids is 1. The summed E-state index contributed by atoms with van der Waals surface area (Å²) >= 11 is 0. The molecule has 2 aliphatic carbocycles. The summed E-state index contributed by atoms with van der Waals surface area (Å²) in [6.45, 7) is 0. The lowest BCUT2D eigenvalue weighted by molar-refractivity contribution is -0.139. The summed E-state index contributed by atoms with van der Waals surface area (Å²) in [6, 6.07) is 5.95. The van der Waals surface area contributed by atoms with Crippen LogP contribution in [0.4, 0.5) is 5.69 Å². The van der Waals surface area contributed by atoms with Gasteiger partial charge in [-0.25, -0.2) is 0 Å². The van der Waals surface area contributed by atoms with Crippen LogP contribution in [0.25, 0.3) is 0 Å². The summed E-state index contributed by atoms with van der Waals surface area (Å²) in [4.78, 5) is 22.6. The van der Waals surface area contributed by atoms with Crippen LogP contribution in [0.5, 0.6) is 0 Å². The number of hydrogen-bond acceptors (Lipinski definition) is 3. The van der Waals surface area contributed by atoms with Gasteiger partial charge in [0.2, 0.25) is 5.91 Å². The van der Waals surface area contributed by atoms with Crippen LogP contribution >= 0.6 is 0 Å². The molecule has 5 heteroatoms. The number of nitrogens with one attached hydrogen (secondary N) is 1. The van der Waals surface area contributed by atoms with Gasteiger partial charge in [-0.2, -0.15) is 0 Å². The minimum atomic E-state index is -0.889. The fourth-order valence-electron chi connectivity index (χ4n) is 2.72. The molecule has 100 valence electrons. The highest BCUT2D eigenvalue weighted by Gasteiger charge is 2.48. The zero-order chi connectivity index (χ0) is 13.6. The van der Waals surface area contributed by atoms with E-state index in [1.54, 1.807) is 0 Å². The van der Waals surface area contributed by atoms with E-state index in [0.29, 0.717) is 6.42 Å². The highest BCUT2D eigenvalue weighted by molar-refractivity contribution is 5.98. The van der Waals surface area contributed by atoms with E-state index in [2.05, 4.69) is 5.32 Å². The zero-order valence-corrected chi connectivity index (χ0v) is 10.4. The molecular weight excluding hydrogens is 244 g/mol. The second-order valence-electron chi connectivity index (χ2n) is 5.43. The lowest BCUT2D eigenvalue weighted by Crippen LogP contribution is -2.19. The quantitative estimate of drug-likeness (QED) is 0.748. The Morgan fingerprint density at radius 2 is 1.95 bits per heavy atom. The van der Waals surface area contributed by atoms with Crippen molar-refractivity contribution in [3.05, 3.63) is 29.3 Å². The second-order valence-corrected chi connectivity index (χ2v) is 5.43. The van der Waals surface area contributed by atoms with Crippen LogP contribution < -0.4 is 11.1 Å². The summed E-state index contributed by atoms with van der Waals surface area (Å²) in [6.07, 6.45) is 2.16. The molecule has 0 spiro atoms. The SMILES string of the molecule is NC1Cc2ccc(NC(=O)[C@@H]3C[C@H]3C(=O)O)cc2C1. The highest BCUT2D eigenvalue weighted by Crippen LogP contribution is 2.39. The molecule has 0 heterocycles. The average molecular weight is 260 g/mol. The number of carbonyl (C=O) groups excluding carboxylic acids is 1. The molecule has 0 bridgehead atoms. The van der Waals surface area contributed by atoms with E-state index in [1.165, 1.54) is 11.1 Å². The van der Waals surface area contributed by atoms with Gasteiger partial charge in [0, 0.05) is 11.7 Å². The van der Waals surface area contributed by atoms with Gasteiger partial charge in [0.1, 0.15) is 0 Å². The van der Waals surface area contributed by atoms with Crippen LogP contribution in [-0.2, 0) is 22.4 Å². The summed E-state index contributed by atoms with van der Waals surface area (Å²) in [5, 5.41) is 11.6. The zero-order valence-electron chi connectivity index (χ0n) is 10.4. The van der Waals surface area contributed by atoms with Gasteiger partial charge in [-0.15, -0.1) is 0 Å². The molecule has 3 rings (SSSR count). The first-order valence-electron chi connectivity index (χ1n) is 6.45. The molecule has 5 nitrogen and oxygen atoms in total. The minimum absolute atomic E-state index is 0.167. The van der Waals surface area contributed by atoms with Crippen molar-refractivity contribution in [2.45, 2.75) is 25.3 Å². The van der Waals surface area contributed by atoms with Crippen molar-refractivity contribution in [1.29, 1.82) is 0 Å². The Morgan fingerprint density at radius 3 is 2.63 bits per heavy atom. The normalized spacial score (nSPS) is 27.7. The Kier molecular flexibility index (Phi) is 2.78. The molecule has 0 aliphatic heterocycles. The minimum Gasteiger partial charge on any atom is -0.481 e. The number of carboxylic acid groups (broad SMARTS) is 1. The Hall–Kier alpha value is -1.88. The summed E-state index contributed by atoms with van der Waals surface area (Å²) in [5.74, 6) is -1.98. The van der Waals surface area contributed by atoms with E-state index >= 15 is 0 Å². The highest BCUT2D eigenvalue weighted by atomic mass is 16.4. The number of nitrogens with two attached hydrogens (primary N) is 1. The lowest BCUT2D eigenvalue weighted by Gasteiger charge is -2.06. The van der Waals surface area contributed by atoms with Crippen molar-refractivity contribution >= 4 is 17.6 Å². The Bertz CT molecular complexity index is 556. The standard InChI is InChI=1S/C14H16N2O3/c15-9-3-7-1-2-10(5-8(7)4-9)16-13(17)11-6-12(11)14(18)19/h1-2,5,9,11-12H,3-4,6,15H2,(H,16,17)(H,18,19)/t9?,11-,12-/m1/s1. The van der Waals surface area contributed by atoms with Crippen molar-refractivity contribution in [2.24, 2.45) is 17.6 Å². The molecule has 0 radical (unpaired) electrons. The number of benzene rings is 1. The van der Waals surface area contributed by atoms with Crippen LogP contribution in [0.3, 0.4) is 0 Å². The van der Waals surface area contributed by atoms with E-state index in [0.717, 1.165) is 18.5 Å². The Morgan fingerprint density at radius 1 is 1.21 bits per heavy atom. The van der Waals surface area contributed by atoms with E-state index < -0.39 is 11.9 Å². The summed E-state index contributed by atoms with van der Waals surface area (Å²) in [5.41, 5.74) is 9.04. The molecule has 0 aromatic heterocycles. The van der Waals surface area contributed by atoms with Crippen molar-refractivity contribution in [3.63, 3.8) is 0 Å². The maximum Gasteiger partial charge on any atom is 0.307 e. The van der Waals surface area contributed by atoms with Crippen molar-refractivity contribution in [2.75, 3.05) is 5.32 Å². The average Bonchev–Trinajstić information content (AvgIpc) is 3.06. The van der Waals surface area contributed by atoms with Gasteiger partial charge in [0.15, 0.2) is 0 Å². The third kappa shape index (κ3) is 2.33. The monoisotopic (exact) mass is 260 g/mol. The molecule has 1 amide bonds. The topological polar surface area (TPSA) is 92.4 Å². The van der Waals surface area contributed by atoms with E-state index in [1.807, 2.05) is 18.2 Å². The predicted molar refractivity (Wildman–Crippen MR) is 69.7 cm³/mol. The first-order valence-corrected chi connectivity index (χ1v) is 6.45. The molecule has 1 aromatic rings. The number of carbonyl (C=O) groups is 2. The smallest absolute Gasteiger partial charge is 0.307 e. The van der Waals surface area contributed by atoms with Gasteiger partial charge in [-0.3, -0.25) is 9.59 Å². The molecule has 2 aliphatic rings. The molecule has 1 unspecified atom stereocenters.